The van der Waals surface area contributed by atoms with Crippen LogP contribution < -0.4 is 4.72 Å². The number of nitrogens with one attached hydrogen (secondary N) is 1. The zero-order valence-corrected chi connectivity index (χ0v) is 14.3. The topological polar surface area (TPSA) is 67.2 Å². The molecular weight excluding hydrogens is 312 g/mol. The molecule has 0 spiro atoms. The van der Waals surface area contributed by atoms with Gasteiger partial charge in [-0.05, 0) is 20.0 Å². The van der Waals surface area contributed by atoms with Gasteiger partial charge in [0.1, 0.15) is 0 Å². The third-order valence-electron chi connectivity index (χ3n) is 4.30. The maximum Gasteiger partial charge on any atom is 0.215 e. The molecule has 0 radical (unpaired) electrons. The Hall–Kier alpha value is -1.70. The van der Waals surface area contributed by atoms with Gasteiger partial charge in [0.15, 0.2) is 0 Å². The Morgan fingerprint density at radius 2 is 2.04 bits per heavy atom. The van der Waals surface area contributed by atoms with Gasteiger partial charge in [0, 0.05) is 37.5 Å². The Bertz CT molecular complexity index is 771. The molecule has 23 heavy (non-hydrogen) atoms. The molecule has 1 saturated heterocycles. The number of aromatic nitrogens is 2. The number of rotatable bonds is 5. The number of sulfonamides is 1. The van der Waals surface area contributed by atoms with Crippen LogP contribution in [0.25, 0.3) is 11.3 Å². The second kappa shape index (κ2) is 6.43. The number of likely N-dealkylation sites (tertiary alicyclic amines) is 1. The Labute approximate surface area is 137 Å². The smallest absolute Gasteiger partial charge is 0.215 e. The standard InChI is InChI=1S/C16H22N4O2S/c1-17-23(21,22)15-8-9-20(12-15)11-14-10-19(2)18-16(14)13-6-4-3-5-7-13/h3-7,10,15,17H,8-9,11-12H2,1-2H3. The largest absolute Gasteiger partial charge is 0.298 e. The molecule has 1 aliphatic rings. The van der Waals surface area contributed by atoms with Crippen molar-refractivity contribution in [1.82, 2.24) is 19.4 Å². The zero-order valence-electron chi connectivity index (χ0n) is 13.4. The van der Waals surface area contributed by atoms with Crippen LogP contribution in [0.15, 0.2) is 36.5 Å². The second-order valence-electron chi connectivity index (χ2n) is 5.94. The van der Waals surface area contributed by atoms with Gasteiger partial charge in [-0.1, -0.05) is 30.3 Å². The van der Waals surface area contributed by atoms with Crippen molar-refractivity contribution in [2.75, 3.05) is 20.1 Å². The van der Waals surface area contributed by atoms with Crippen molar-refractivity contribution in [1.29, 1.82) is 0 Å². The fourth-order valence-corrected chi connectivity index (χ4v) is 4.25. The van der Waals surface area contributed by atoms with Crippen LogP contribution in [0.3, 0.4) is 0 Å². The molecule has 6 nitrogen and oxygen atoms in total. The molecule has 1 unspecified atom stereocenters. The average Bonchev–Trinajstić information content (AvgIpc) is 3.16. The fraction of sp³-hybridized carbons (Fsp3) is 0.438. The summed E-state index contributed by atoms with van der Waals surface area (Å²) in [6.45, 7) is 2.06. The minimum atomic E-state index is -3.19. The van der Waals surface area contributed by atoms with E-state index < -0.39 is 10.0 Å². The summed E-state index contributed by atoms with van der Waals surface area (Å²) in [7, 11) is 0.197. The summed E-state index contributed by atoms with van der Waals surface area (Å²) in [5, 5.41) is 4.24. The molecule has 0 saturated carbocycles. The van der Waals surface area contributed by atoms with E-state index in [1.165, 1.54) is 7.05 Å². The van der Waals surface area contributed by atoms with Gasteiger partial charge in [0.2, 0.25) is 10.0 Å². The molecule has 1 aromatic carbocycles. The van der Waals surface area contributed by atoms with E-state index in [1.807, 2.05) is 48.3 Å². The van der Waals surface area contributed by atoms with E-state index in [9.17, 15) is 8.42 Å². The number of benzene rings is 1. The normalized spacial score (nSPS) is 19.3. The minimum Gasteiger partial charge on any atom is -0.298 e. The van der Waals surface area contributed by atoms with Gasteiger partial charge in [0.25, 0.3) is 0 Å². The van der Waals surface area contributed by atoms with Crippen LogP contribution in [-0.2, 0) is 23.6 Å². The monoisotopic (exact) mass is 334 g/mol. The average molecular weight is 334 g/mol. The van der Waals surface area contributed by atoms with Gasteiger partial charge in [-0.15, -0.1) is 0 Å². The molecule has 2 aromatic rings. The zero-order chi connectivity index (χ0) is 16.4. The van der Waals surface area contributed by atoms with E-state index >= 15 is 0 Å². The van der Waals surface area contributed by atoms with Crippen LogP contribution in [-0.4, -0.2) is 48.5 Å². The Morgan fingerprint density at radius 3 is 2.74 bits per heavy atom. The lowest BCUT2D eigenvalue weighted by atomic mass is 10.1. The highest BCUT2D eigenvalue weighted by atomic mass is 32.2. The molecule has 0 aliphatic carbocycles. The molecule has 1 aliphatic heterocycles. The first-order valence-corrected chi connectivity index (χ1v) is 9.27. The molecule has 0 bridgehead atoms. The van der Waals surface area contributed by atoms with Gasteiger partial charge >= 0.3 is 0 Å². The maximum absolute atomic E-state index is 11.9. The minimum absolute atomic E-state index is 0.329. The summed E-state index contributed by atoms with van der Waals surface area (Å²) >= 11 is 0. The van der Waals surface area contributed by atoms with E-state index in [-0.39, 0.29) is 5.25 Å². The number of hydrogen-bond donors (Lipinski definition) is 1. The highest BCUT2D eigenvalue weighted by Gasteiger charge is 2.32. The summed E-state index contributed by atoms with van der Waals surface area (Å²) in [4.78, 5) is 2.18. The lowest BCUT2D eigenvalue weighted by molar-refractivity contribution is 0.331. The van der Waals surface area contributed by atoms with E-state index in [0.29, 0.717) is 19.5 Å². The summed E-state index contributed by atoms with van der Waals surface area (Å²) in [6.07, 6.45) is 2.69. The van der Waals surface area contributed by atoms with Gasteiger partial charge < -0.3 is 0 Å². The van der Waals surface area contributed by atoms with Crippen LogP contribution in [0, 0.1) is 0 Å². The maximum atomic E-state index is 11.9. The van der Waals surface area contributed by atoms with Crippen molar-refractivity contribution in [3.05, 3.63) is 42.1 Å². The summed E-state index contributed by atoms with van der Waals surface area (Å²) in [5.41, 5.74) is 3.18. The first-order chi connectivity index (χ1) is 11.0. The van der Waals surface area contributed by atoms with E-state index in [4.69, 9.17) is 0 Å². The lowest BCUT2D eigenvalue weighted by Crippen LogP contribution is -2.34. The van der Waals surface area contributed by atoms with Crippen molar-refractivity contribution >= 4 is 10.0 Å². The third kappa shape index (κ3) is 3.46. The van der Waals surface area contributed by atoms with Gasteiger partial charge in [-0.3, -0.25) is 9.58 Å². The van der Waals surface area contributed by atoms with Crippen molar-refractivity contribution in [2.45, 2.75) is 18.2 Å². The molecule has 2 heterocycles. The number of nitrogens with zero attached hydrogens (tertiary/aromatic N) is 3. The van der Waals surface area contributed by atoms with Crippen molar-refractivity contribution in [2.24, 2.45) is 7.05 Å². The van der Waals surface area contributed by atoms with Crippen LogP contribution in [0.1, 0.15) is 12.0 Å². The first kappa shape index (κ1) is 16.2. The lowest BCUT2D eigenvalue weighted by Gasteiger charge is -2.16. The quantitative estimate of drug-likeness (QED) is 0.892. The molecule has 1 N–H and O–H groups in total. The molecule has 7 heteroatoms. The summed E-state index contributed by atoms with van der Waals surface area (Å²) in [6, 6.07) is 10.1. The van der Waals surface area contributed by atoms with Crippen LogP contribution >= 0.6 is 0 Å². The number of aryl methyl sites for hydroxylation is 1. The molecule has 1 atom stereocenters. The third-order valence-corrected chi connectivity index (χ3v) is 6.13. The van der Waals surface area contributed by atoms with Crippen molar-refractivity contribution < 1.29 is 8.42 Å². The first-order valence-electron chi connectivity index (χ1n) is 7.72. The summed E-state index contributed by atoms with van der Waals surface area (Å²) < 4.78 is 28.1. The molecule has 124 valence electrons. The van der Waals surface area contributed by atoms with Crippen molar-refractivity contribution in [3.63, 3.8) is 0 Å². The highest BCUT2D eigenvalue weighted by molar-refractivity contribution is 7.90. The molecule has 0 amide bonds. The molecule has 1 fully saturated rings. The van der Waals surface area contributed by atoms with Gasteiger partial charge in [0.05, 0.1) is 10.9 Å². The number of hydrogen-bond acceptors (Lipinski definition) is 4. The second-order valence-corrected chi connectivity index (χ2v) is 8.10. The van der Waals surface area contributed by atoms with Crippen LogP contribution in [0.2, 0.25) is 0 Å². The molecular formula is C16H22N4O2S. The van der Waals surface area contributed by atoms with E-state index in [2.05, 4.69) is 14.7 Å². The van der Waals surface area contributed by atoms with Gasteiger partial charge in [-0.2, -0.15) is 5.10 Å². The Morgan fingerprint density at radius 1 is 1.30 bits per heavy atom. The Kier molecular flexibility index (Phi) is 4.52. The summed E-state index contributed by atoms with van der Waals surface area (Å²) in [5.74, 6) is 0. The van der Waals surface area contributed by atoms with Crippen LogP contribution in [0.4, 0.5) is 0 Å². The predicted molar refractivity (Wildman–Crippen MR) is 90.3 cm³/mol. The highest BCUT2D eigenvalue weighted by Crippen LogP contribution is 2.25. The molecule has 3 rings (SSSR count). The SMILES string of the molecule is CNS(=O)(=O)C1CCN(Cc2cn(C)nc2-c2ccccc2)C1. The molecule has 1 aromatic heterocycles. The van der Waals surface area contributed by atoms with E-state index in [1.54, 1.807) is 0 Å². The Balaban J connectivity index is 1.77. The van der Waals surface area contributed by atoms with Crippen molar-refractivity contribution in [3.8, 4) is 11.3 Å². The van der Waals surface area contributed by atoms with Gasteiger partial charge in [-0.25, -0.2) is 13.1 Å². The van der Waals surface area contributed by atoms with E-state index in [0.717, 1.165) is 23.4 Å². The van der Waals surface area contributed by atoms with Crippen LogP contribution in [0.5, 0.6) is 0 Å². The fourth-order valence-electron chi connectivity index (χ4n) is 3.09. The predicted octanol–water partition coefficient (Wildman–Crippen LogP) is 1.21.